The van der Waals surface area contributed by atoms with Crippen LogP contribution in [0.25, 0.3) is 43.1 Å². The number of fused-ring (bicyclic) bond motifs is 2. The van der Waals surface area contributed by atoms with E-state index in [-0.39, 0.29) is 0 Å². The van der Waals surface area contributed by atoms with Gasteiger partial charge in [-0.2, -0.15) is 0 Å². The first kappa shape index (κ1) is 57.9. The normalized spacial score (nSPS) is 11.1. The zero-order valence-corrected chi connectivity index (χ0v) is 47.2. The lowest BCUT2D eigenvalue weighted by molar-refractivity contribution is 0.571. The Labute approximate surface area is 454 Å². The Morgan fingerprint density at radius 2 is 0.419 bits per heavy atom. The van der Waals surface area contributed by atoms with Crippen LogP contribution in [-0.4, -0.2) is 0 Å². The van der Waals surface area contributed by atoms with E-state index in [4.69, 9.17) is 0 Å². The fraction of sp³-hybridized carbons (Fsp3) is 0.541. The van der Waals surface area contributed by atoms with E-state index in [9.17, 15) is 0 Å². The molecular weight excluding hydrogens is 889 g/mol. The van der Waals surface area contributed by atoms with Crippen molar-refractivity contribution in [3.8, 4) is 11.8 Å². The molecule has 0 nitrogen and oxygen atoms in total. The zero-order valence-electron chi connectivity index (χ0n) is 47.2. The number of hydrogen-bond acceptors (Lipinski definition) is 0. The van der Waals surface area contributed by atoms with Gasteiger partial charge in [-0.05, 0) is 122 Å². The standard InChI is InChI=1S/C74H94/c1-5-9-13-17-21-25-29-33-39-65-57-69-51-47-61-43-37-45-63-49-53-71-59-67(41-35-31-27-23-19-15-11-7-3)68(42-36-32-28-24-20-16-12-8-4)60-72(71)54-50-64-46-38-44-62(74(64)56-55-73(61)63)48-52-70(69)58-66(65)40-34-30-26-22-18-14-10-6-2/h37-38,43-46,57-60H,5-36,39-42H2,1-4H3. The van der Waals surface area contributed by atoms with Gasteiger partial charge in [0.05, 0.1) is 11.1 Å². The first-order valence-corrected chi connectivity index (χ1v) is 30.8. The van der Waals surface area contributed by atoms with E-state index in [2.05, 4.69) is 149 Å². The second-order valence-corrected chi connectivity index (χ2v) is 21.9. The summed E-state index contributed by atoms with van der Waals surface area (Å²) >= 11 is 0. The lowest BCUT2D eigenvalue weighted by Crippen LogP contribution is -1.96. The fourth-order valence-electron chi connectivity index (χ4n) is 11.0. The molecule has 0 aliphatic heterocycles. The summed E-state index contributed by atoms with van der Waals surface area (Å²) < 4.78 is 0. The molecule has 0 fully saturated rings. The highest BCUT2D eigenvalue weighted by atomic mass is 14.1. The van der Waals surface area contributed by atoms with E-state index >= 15 is 0 Å². The van der Waals surface area contributed by atoms with E-state index in [1.54, 1.807) is 0 Å². The van der Waals surface area contributed by atoms with E-state index in [1.165, 1.54) is 228 Å². The van der Waals surface area contributed by atoms with Crippen molar-refractivity contribution < 1.29 is 0 Å². The molecule has 0 aromatic heterocycles. The van der Waals surface area contributed by atoms with Crippen LogP contribution in [0.15, 0.2) is 60.7 Å². The van der Waals surface area contributed by atoms with E-state index in [0.717, 1.165) is 79.9 Å². The van der Waals surface area contributed by atoms with Gasteiger partial charge in [0.1, 0.15) is 0 Å². The summed E-state index contributed by atoms with van der Waals surface area (Å²) in [4.78, 5) is 0. The van der Waals surface area contributed by atoms with Gasteiger partial charge in [0.15, 0.2) is 0 Å². The van der Waals surface area contributed by atoms with Gasteiger partial charge < -0.3 is 0 Å². The predicted molar refractivity (Wildman–Crippen MR) is 322 cm³/mol. The third-order valence-corrected chi connectivity index (χ3v) is 15.6. The molecule has 0 atom stereocenters. The minimum atomic E-state index is 0.884. The largest absolute Gasteiger partial charge is 0.0654 e. The van der Waals surface area contributed by atoms with Gasteiger partial charge in [0.2, 0.25) is 0 Å². The summed E-state index contributed by atoms with van der Waals surface area (Å²) in [5.41, 5.74) is 7.61. The lowest BCUT2D eigenvalue weighted by Gasteiger charge is -2.11. The number of aryl methyl sites for hydroxylation is 4. The Balaban J connectivity index is 1.41. The maximum Gasteiger partial charge on any atom is 0.0562 e. The number of unbranched alkanes of at least 4 members (excludes halogenated alkanes) is 28. The summed E-state index contributed by atoms with van der Waals surface area (Å²) in [7, 11) is 0. The molecule has 0 heteroatoms. The van der Waals surface area contributed by atoms with Crippen LogP contribution in [-0.2, 0) is 25.7 Å². The van der Waals surface area contributed by atoms with Crippen LogP contribution in [0.3, 0.4) is 0 Å². The maximum atomic E-state index is 3.69. The SMILES string of the molecule is CCCCCCCCCCc1cc2c#cc3cccc4c#cc5cc(CCCCCCCCCC)c(CCCCCCCCCC)cc5c#cc5cccc(c#cc2cc1CCCCCCCCCC)c5C#Cc34. The van der Waals surface area contributed by atoms with Crippen molar-refractivity contribution in [1.29, 1.82) is 0 Å². The fourth-order valence-corrected chi connectivity index (χ4v) is 11.0. The molecule has 2 aliphatic rings. The molecule has 0 radical (unpaired) electrons. The van der Waals surface area contributed by atoms with Crippen molar-refractivity contribution in [1.82, 2.24) is 0 Å². The Morgan fingerprint density at radius 3 is 0.635 bits per heavy atom. The van der Waals surface area contributed by atoms with Crippen LogP contribution in [0.1, 0.15) is 267 Å². The highest BCUT2D eigenvalue weighted by Gasteiger charge is 2.09. The average molecular weight is 984 g/mol. The predicted octanol–water partition coefficient (Wildman–Crippen LogP) is 22.0. The number of rotatable bonds is 36. The molecule has 2 aliphatic carbocycles. The summed E-state index contributed by atoms with van der Waals surface area (Å²) in [6.45, 7) is 9.22. The van der Waals surface area contributed by atoms with Gasteiger partial charge in [-0.25, -0.2) is 0 Å². The quantitative estimate of drug-likeness (QED) is 0.0272. The van der Waals surface area contributed by atoms with Crippen LogP contribution >= 0.6 is 0 Å². The van der Waals surface area contributed by atoms with Crippen molar-refractivity contribution in [3.05, 3.63) is 143 Å². The van der Waals surface area contributed by atoms with Crippen molar-refractivity contribution in [2.24, 2.45) is 0 Å². The summed E-state index contributed by atoms with van der Waals surface area (Å²) in [6.07, 6.45) is 46.8. The molecule has 0 saturated heterocycles. The van der Waals surface area contributed by atoms with Crippen LogP contribution < -0.4 is 0 Å². The van der Waals surface area contributed by atoms with Crippen LogP contribution in [0.4, 0.5) is 0 Å². The smallest absolute Gasteiger partial charge is 0.0562 e. The summed E-state index contributed by atoms with van der Waals surface area (Å²) in [5, 5.41) is 7.71. The Bertz CT molecular complexity index is 2300. The lowest BCUT2D eigenvalue weighted by atomic mass is 9.94. The van der Waals surface area contributed by atoms with Gasteiger partial charge in [0, 0.05) is 43.1 Å². The molecule has 0 unspecified atom stereocenters. The number of benzene rings is 4. The van der Waals surface area contributed by atoms with Gasteiger partial charge in [0.25, 0.3) is 0 Å². The first-order valence-electron chi connectivity index (χ1n) is 30.8. The monoisotopic (exact) mass is 983 g/mol. The highest BCUT2D eigenvalue weighted by molar-refractivity contribution is 5.87. The van der Waals surface area contributed by atoms with E-state index in [1.807, 2.05) is 0 Å². The second-order valence-electron chi connectivity index (χ2n) is 21.9. The van der Waals surface area contributed by atoms with Crippen molar-refractivity contribution in [2.75, 3.05) is 0 Å². The van der Waals surface area contributed by atoms with E-state index < -0.39 is 0 Å². The van der Waals surface area contributed by atoms with Gasteiger partial charge in [-0.3, -0.25) is 0 Å². The Hall–Kier alpha value is -5.32. The molecule has 2 bridgehead atoms. The van der Waals surface area contributed by atoms with Crippen LogP contribution in [0.2, 0.25) is 0 Å². The molecule has 0 amide bonds. The topological polar surface area (TPSA) is 0 Å². The second kappa shape index (κ2) is 35.0. The molecule has 0 spiro atoms. The van der Waals surface area contributed by atoms with Gasteiger partial charge >= 0.3 is 0 Å². The molecule has 4 aromatic rings. The maximum absolute atomic E-state index is 3.69. The summed E-state index contributed by atoms with van der Waals surface area (Å²) in [6, 6.07) is 51.8. The first-order chi connectivity index (χ1) is 36.6. The zero-order chi connectivity index (χ0) is 51.7. The molecule has 0 heterocycles. The van der Waals surface area contributed by atoms with Crippen molar-refractivity contribution >= 4 is 43.1 Å². The average Bonchev–Trinajstić information content (AvgIpc) is 3.41. The highest BCUT2D eigenvalue weighted by Crippen LogP contribution is 2.26. The minimum absolute atomic E-state index is 0.884. The van der Waals surface area contributed by atoms with E-state index in [0.29, 0.717) is 0 Å². The molecule has 4 aromatic carbocycles. The summed E-state index contributed by atoms with van der Waals surface area (Å²) in [5.74, 6) is 7.24. The Morgan fingerprint density at radius 1 is 0.230 bits per heavy atom. The minimum Gasteiger partial charge on any atom is -0.0654 e. The van der Waals surface area contributed by atoms with Crippen LogP contribution in [0, 0.1) is 60.4 Å². The van der Waals surface area contributed by atoms with Crippen LogP contribution in [0.5, 0.6) is 0 Å². The van der Waals surface area contributed by atoms with Crippen molar-refractivity contribution in [3.63, 3.8) is 0 Å². The molecule has 6 rings (SSSR count). The Kier molecular flexibility index (Phi) is 27.4. The third kappa shape index (κ3) is 20.1. The number of hydrogen-bond donors (Lipinski definition) is 0. The molecule has 0 N–H and O–H groups in total. The third-order valence-electron chi connectivity index (χ3n) is 15.6. The molecule has 390 valence electrons. The van der Waals surface area contributed by atoms with Gasteiger partial charge in [-0.1, -0.05) is 280 Å². The van der Waals surface area contributed by atoms with Crippen molar-refractivity contribution in [2.45, 2.75) is 259 Å². The molecule has 0 saturated carbocycles. The molecular formula is C74H94. The van der Waals surface area contributed by atoms with Gasteiger partial charge in [-0.15, -0.1) is 0 Å². The molecule has 74 heavy (non-hydrogen) atoms.